The van der Waals surface area contributed by atoms with Gasteiger partial charge in [-0.25, -0.2) is 0 Å². The summed E-state index contributed by atoms with van der Waals surface area (Å²) in [5.41, 5.74) is 2.47. The number of carbonyl (C=O) groups excluding carboxylic acids is 2. The molecule has 0 spiro atoms. The lowest BCUT2D eigenvalue weighted by molar-refractivity contribution is -0.150. The van der Waals surface area contributed by atoms with E-state index in [4.69, 9.17) is 14.6 Å². The molecule has 1 aromatic heterocycles. The van der Waals surface area contributed by atoms with Crippen molar-refractivity contribution in [2.24, 2.45) is 5.92 Å². The largest absolute Gasteiger partial charge is 0.465 e. The SMILES string of the molecule is CCc1nn(CCCOC(=O)[C@H]2CC[C@@H](O)CC2)c2c1C(=O)NCCCOCCC2. The zero-order valence-corrected chi connectivity index (χ0v) is 18.0. The van der Waals surface area contributed by atoms with Gasteiger partial charge in [-0.2, -0.15) is 5.10 Å². The molecule has 8 nitrogen and oxygen atoms in total. The van der Waals surface area contributed by atoms with Gasteiger partial charge >= 0.3 is 5.97 Å². The minimum Gasteiger partial charge on any atom is -0.465 e. The van der Waals surface area contributed by atoms with Crippen molar-refractivity contribution in [1.82, 2.24) is 15.1 Å². The second kappa shape index (κ2) is 11.5. The third-order valence-corrected chi connectivity index (χ3v) is 5.93. The third-order valence-electron chi connectivity index (χ3n) is 5.93. The molecule has 8 heteroatoms. The van der Waals surface area contributed by atoms with Crippen molar-refractivity contribution in [3.05, 3.63) is 17.0 Å². The number of hydrogen-bond donors (Lipinski definition) is 2. The number of aromatic nitrogens is 2. The maximum absolute atomic E-state index is 12.8. The summed E-state index contributed by atoms with van der Waals surface area (Å²) in [6.07, 6.45) is 6.20. The summed E-state index contributed by atoms with van der Waals surface area (Å²) in [4.78, 5) is 25.0. The van der Waals surface area contributed by atoms with Crippen LogP contribution in [0.3, 0.4) is 0 Å². The predicted molar refractivity (Wildman–Crippen MR) is 111 cm³/mol. The summed E-state index contributed by atoms with van der Waals surface area (Å²) >= 11 is 0. The normalized spacial score (nSPS) is 23.2. The molecule has 0 atom stereocenters. The van der Waals surface area contributed by atoms with E-state index >= 15 is 0 Å². The van der Waals surface area contributed by atoms with E-state index in [1.807, 2.05) is 11.6 Å². The van der Waals surface area contributed by atoms with Crippen molar-refractivity contribution >= 4 is 11.9 Å². The van der Waals surface area contributed by atoms with Gasteiger partial charge in [0, 0.05) is 32.7 Å². The summed E-state index contributed by atoms with van der Waals surface area (Å²) < 4.78 is 13.0. The monoisotopic (exact) mass is 421 g/mol. The Hall–Kier alpha value is -1.93. The van der Waals surface area contributed by atoms with Crippen LogP contribution in [-0.2, 0) is 33.7 Å². The average Bonchev–Trinajstić information content (AvgIpc) is 3.08. The molecule has 168 valence electrons. The van der Waals surface area contributed by atoms with Crippen molar-refractivity contribution < 1.29 is 24.2 Å². The average molecular weight is 422 g/mol. The molecule has 1 aliphatic heterocycles. The Bertz CT molecular complexity index is 710. The molecule has 0 aromatic carbocycles. The van der Waals surface area contributed by atoms with Crippen LogP contribution in [-0.4, -0.2) is 59.2 Å². The zero-order chi connectivity index (χ0) is 21.3. The first-order chi connectivity index (χ1) is 14.6. The highest BCUT2D eigenvalue weighted by Gasteiger charge is 2.26. The third kappa shape index (κ3) is 6.04. The molecule has 0 bridgehead atoms. The van der Waals surface area contributed by atoms with E-state index in [0.717, 1.165) is 30.7 Å². The van der Waals surface area contributed by atoms with E-state index in [1.54, 1.807) is 0 Å². The van der Waals surface area contributed by atoms with Crippen molar-refractivity contribution in [3.63, 3.8) is 0 Å². The number of ether oxygens (including phenoxy) is 2. The summed E-state index contributed by atoms with van der Waals surface area (Å²) in [5, 5.41) is 17.3. The second-order valence-electron chi connectivity index (χ2n) is 8.20. The molecule has 1 aromatic rings. The molecular weight excluding hydrogens is 386 g/mol. The topological polar surface area (TPSA) is 103 Å². The summed E-state index contributed by atoms with van der Waals surface area (Å²) in [5.74, 6) is -0.307. The fourth-order valence-electron chi connectivity index (χ4n) is 4.23. The molecule has 0 saturated heterocycles. The fraction of sp³-hybridized carbons (Fsp3) is 0.773. The zero-order valence-electron chi connectivity index (χ0n) is 18.0. The summed E-state index contributed by atoms with van der Waals surface area (Å²) in [6, 6.07) is 0. The Labute approximate surface area is 178 Å². The molecule has 2 aliphatic rings. The molecule has 1 fully saturated rings. The molecule has 0 radical (unpaired) electrons. The van der Waals surface area contributed by atoms with Crippen LogP contribution in [0.1, 0.15) is 73.6 Å². The number of aryl methyl sites for hydroxylation is 2. The first-order valence-corrected chi connectivity index (χ1v) is 11.4. The highest BCUT2D eigenvalue weighted by molar-refractivity contribution is 5.96. The number of fused-ring (bicyclic) bond motifs is 1. The molecule has 1 aliphatic carbocycles. The Morgan fingerprint density at radius 2 is 2.03 bits per heavy atom. The Morgan fingerprint density at radius 1 is 1.27 bits per heavy atom. The van der Waals surface area contributed by atoms with Crippen LogP contribution in [0.15, 0.2) is 0 Å². The molecule has 1 saturated carbocycles. The van der Waals surface area contributed by atoms with Crippen LogP contribution in [0.5, 0.6) is 0 Å². The van der Waals surface area contributed by atoms with E-state index in [1.165, 1.54) is 0 Å². The Balaban J connectivity index is 1.58. The van der Waals surface area contributed by atoms with Crippen LogP contribution in [0.25, 0.3) is 0 Å². The number of aliphatic hydroxyl groups is 1. The van der Waals surface area contributed by atoms with E-state index < -0.39 is 0 Å². The minimum atomic E-state index is -0.276. The molecular formula is C22H35N3O5. The molecule has 2 N–H and O–H groups in total. The number of hydrogen-bond acceptors (Lipinski definition) is 6. The van der Waals surface area contributed by atoms with Crippen LogP contribution in [0.4, 0.5) is 0 Å². The van der Waals surface area contributed by atoms with E-state index in [2.05, 4.69) is 5.32 Å². The number of aliphatic hydroxyl groups excluding tert-OH is 1. The van der Waals surface area contributed by atoms with Crippen molar-refractivity contribution in [3.8, 4) is 0 Å². The molecule has 0 unspecified atom stereocenters. The maximum atomic E-state index is 12.8. The lowest BCUT2D eigenvalue weighted by Gasteiger charge is -2.23. The van der Waals surface area contributed by atoms with Crippen LogP contribution in [0.2, 0.25) is 0 Å². The van der Waals surface area contributed by atoms with Crippen molar-refractivity contribution in [2.75, 3.05) is 26.4 Å². The molecule has 1 amide bonds. The maximum Gasteiger partial charge on any atom is 0.308 e. The van der Waals surface area contributed by atoms with Gasteiger partial charge in [0.1, 0.15) is 0 Å². The number of rotatable bonds is 6. The lowest BCUT2D eigenvalue weighted by Crippen LogP contribution is -2.27. The highest BCUT2D eigenvalue weighted by atomic mass is 16.5. The molecule has 30 heavy (non-hydrogen) atoms. The number of carbonyl (C=O) groups is 2. The number of amides is 1. The van der Waals surface area contributed by atoms with Crippen LogP contribution in [0, 0.1) is 5.92 Å². The second-order valence-corrected chi connectivity index (χ2v) is 8.20. The van der Waals surface area contributed by atoms with Crippen molar-refractivity contribution in [1.29, 1.82) is 0 Å². The quantitative estimate of drug-likeness (QED) is 0.538. The number of nitrogens with zero attached hydrogens (tertiary/aromatic N) is 2. The van der Waals surface area contributed by atoms with Gasteiger partial charge in [-0.1, -0.05) is 6.92 Å². The van der Waals surface area contributed by atoms with E-state index in [0.29, 0.717) is 77.0 Å². The molecule has 2 heterocycles. The number of nitrogens with one attached hydrogen (secondary N) is 1. The first-order valence-electron chi connectivity index (χ1n) is 11.4. The van der Waals surface area contributed by atoms with Crippen molar-refractivity contribution in [2.45, 2.75) is 77.4 Å². The fourth-order valence-corrected chi connectivity index (χ4v) is 4.23. The standard InChI is InChI=1S/C22H35N3O5/c1-2-18-20-19(6-3-13-29-14-4-11-23-21(20)27)25(24-18)12-5-15-30-22(28)16-7-9-17(26)10-8-16/h16-17,26H,2-15H2,1H3,(H,23,27)/t16-,17+. The summed E-state index contributed by atoms with van der Waals surface area (Å²) in [7, 11) is 0. The molecule has 3 rings (SSSR count). The van der Waals surface area contributed by atoms with Gasteiger partial charge in [0.2, 0.25) is 0 Å². The van der Waals surface area contributed by atoms with Crippen LogP contribution >= 0.6 is 0 Å². The van der Waals surface area contributed by atoms with E-state index in [9.17, 15) is 14.7 Å². The minimum absolute atomic E-state index is 0.0547. The van der Waals surface area contributed by atoms with Gasteiger partial charge in [-0.05, 0) is 51.4 Å². The summed E-state index contributed by atoms with van der Waals surface area (Å²) in [6.45, 7) is 4.89. The number of esters is 1. The highest BCUT2D eigenvalue weighted by Crippen LogP contribution is 2.25. The Morgan fingerprint density at radius 3 is 2.80 bits per heavy atom. The van der Waals surface area contributed by atoms with Gasteiger partial charge in [0.15, 0.2) is 0 Å². The van der Waals surface area contributed by atoms with E-state index in [-0.39, 0.29) is 23.9 Å². The predicted octanol–water partition coefficient (Wildman–Crippen LogP) is 2.01. The van der Waals surface area contributed by atoms with Crippen LogP contribution < -0.4 is 5.32 Å². The van der Waals surface area contributed by atoms with Gasteiger partial charge in [-0.3, -0.25) is 14.3 Å². The Kier molecular flexibility index (Phi) is 8.69. The van der Waals surface area contributed by atoms with Gasteiger partial charge < -0.3 is 19.9 Å². The van der Waals surface area contributed by atoms with Gasteiger partial charge in [0.25, 0.3) is 5.91 Å². The first kappa shape index (κ1) is 22.7. The van der Waals surface area contributed by atoms with Gasteiger partial charge in [0.05, 0.1) is 35.6 Å². The lowest BCUT2D eigenvalue weighted by atomic mass is 9.87. The smallest absolute Gasteiger partial charge is 0.308 e. The van der Waals surface area contributed by atoms with Gasteiger partial charge in [-0.15, -0.1) is 0 Å².